The van der Waals surface area contributed by atoms with Crippen molar-refractivity contribution in [3.05, 3.63) is 6.20 Å². The molecule has 0 aromatic carbocycles. The molecule has 0 unspecified atom stereocenters. The summed E-state index contributed by atoms with van der Waals surface area (Å²) >= 11 is 3.47. The molecule has 1 N–H and O–H groups in total. The zero-order valence-corrected chi connectivity index (χ0v) is 6.63. The van der Waals surface area contributed by atoms with Crippen LogP contribution in [0.25, 0.3) is 0 Å². The molecule has 9 heavy (non-hydrogen) atoms. The minimum Gasteiger partial charge on any atom is -0.197 e. The summed E-state index contributed by atoms with van der Waals surface area (Å²) in [6.45, 7) is 0. The highest BCUT2D eigenvalue weighted by molar-refractivity contribution is 8.15. The lowest BCUT2D eigenvalue weighted by Gasteiger charge is -1.88. The molecule has 0 amide bonds. The summed E-state index contributed by atoms with van der Waals surface area (Å²) in [7, 11) is 0. The Bertz CT molecular complexity index is 151. The predicted octanol–water partition coefficient (Wildman–Crippen LogP) is 1.22. The van der Waals surface area contributed by atoms with E-state index < -0.39 is 0 Å². The Morgan fingerprint density at radius 1 is 1.78 bits per heavy atom. The molecule has 3 nitrogen and oxygen atoms in total. The normalized spacial score (nSPS) is 9.89. The molecule has 1 aromatic rings. The van der Waals surface area contributed by atoms with E-state index in [1.165, 1.54) is 0 Å². The van der Waals surface area contributed by atoms with Gasteiger partial charge in [-0.05, 0) is 6.26 Å². The molecule has 0 saturated heterocycles. The van der Waals surface area contributed by atoms with Gasteiger partial charge in [0, 0.05) is 5.08 Å². The SMILES string of the molecule is CSCSc1cn[nH]n1. The summed E-state index contributed by atoms with van der Waals surface area (Å²) < 4.78 is 0. The Balaban J connectivity index is 2.30. The molecular weight excluding hydrogens is 154 g/mol. The van der Waals surface area contributed by atoms with Crippen molar-refractivity contribution >= 4 is 23.5 Å². The molecule has 0 aliphatic rings. The van der Waals surface area contributed by atoms with Crippen LogP contribution in [0.15, 0.2) is 11.2 Å². The van der Waals surface area contributed by atoms with Gasteiger partial charge in [-0.25, -0.2) is 0 Å². The van der Waals surface area contributed by atoms with Gasteiger partial charge in [0.1, 0.15) is 5.03 Å². The third-order valence-corrected chi connectivity index (χ3v) is 2.62. The first-order valence-corrected chi connectivity index (χ1v) is 4.79. The number of aromatic amines is 1. The molecule has 0 aliphatic carbocycles. The Labute approximate surface area is 62.0 Å². The van der Waals surface area contributed by atoms with Crippen molar-refractivity contribution in [3.8, 4) is 0 Å². The second-order valence-electron chi connectivity index (χ2n) is 1.36. The largest absolute Gasteiger partial charge is 0.197 e. The molecule has 0 fully saturated rings. The smallest absolute Gasteiger partial charge is 0.139 e. The Hall–Kier alpha value is -0.160. The molecule has 1 aromatic heterocycles. The van der Waals surface area contributed by atoms with E-state index in [0.717, 1.165) is 10.1 Å². The maximum Gasteiger partial charge on any atom is 0.139 e. The van der Waals surface area contributed by atoms with E-state index in [1.54, 1.807) is 29.7 Å². The quantitative estimate of drug-likeness (QED) is 0.534. The van der Waals surface area contributed by atoms with Gasteiger partial charge in [-0.3, -0.25) is 0 Å². The average Bonchev–Trinajstić information content (AvgIpc) is 2.34. The van der Waals surface area contributed by atoms with Gasteiger partial charge in [0.15, 0.2) is 0 Å². The van der Waals surface area contributed by atoms with Gasteiger partial charge in [-0.1, -0.05) is 11.8 Å². The first kappa shape index (κ1) is 6.95. The molecule has 1 heterocycles. The van der Waals surface area contributed by atoms with Gasteiger partial charge in [0.05, 0.1) is 6.20 Å². The molecule has 50 valence electrons. The van der Waals surface area contributed by atoms with Crippen molar-refractivity contribution in [2.24, 2.45) is 0 Å². The van der Waals surface area contributed by atoms with Crippen LogP contribution in [-0.2, 0) is 0 Å². The van der Waals surface area contributed by atoms with Crippen molar-refractivity contribution in [1.82, 2.24) is 15.4 Å². The number of thioether (sulfide) groups is 2. The van der Waals surface area contributed by atoms with E-state index in [-0.39, 0.29) is 0 Å². The van der Waals surface area contributed by atoms with Crippen LogP contribution >= 0.6 is 23.5 Å². The standard InChI is InChI=1S/C4H7N3S2/c1-8-3-9-4-2-5-7-6-4/h2H,3H2,1H3,(H,5,6,7). The first-order chi connectivity index (χ1) is 4.43. The van der Waals surface area contributed by atoms with Crippen LogP contribution in [0.5, 0.6) is 0 Å². The lowest BCUT2D eigenvalue weighted by molar-refractivity contribution is 0.911. The third kappa shape index (κ3) is 2.28. The minimum atomic E-state index is 0.962. The van der Waals surface area contributed by atoms with Crippen LogP contribution in [0.4, 0.5) is 0 Å². The van der Waals surface area contributed by atoms with Crippen molar-refractivity contribution in [1.29, 1.82) is 0 Å². The summed E-state index contributed by atoms with van der Waals surface area (Å²) in [5, 5.41) is 12.1. The second kappa shape index (κ2) is 3.79. The van der Waals surface area contributed by atoms with Crippen LogP contribution in [0.1, 0.15) is 0 Å². The third-order valence-electron chi connectivity index (χ3n) is 0.718. The predicted molar refractivity (Wildman–Crippen MR) is 40.6 cm³/mol. The molecule has 0 spiro atoms. The van der Waals surface area contributed by atoms with E-state index in [4.69, 9.17) is 0 Å². The molecule has 0 saturated carbocycles. The van der Waals surface area contributed by atoms with E-state index in [0.29, 0.717) is 0 Å². The number of hydrogen-bond donors (Lipinski definition) is 1. The van der Waals surface area contributed by atoms with Crippen LogP contribution < -0.4 is 0 Å². The zero-order valence-electron chi connectivity index (χ0n) is 5.00. The topological polar surface area (TPSA) is 41.6 Å². The monoisotopic (exact) mass is 161 g/mol. The number of nitrogens with one attached hydrogen (secondary N) is 1. The van der Waals surface area contributed by atoms with E-state index >= 15 is 0 Å². The van der Waals surface area contributed by atoms with Gasteiger partial charge in [0.2, 0.25) is 0 Å². The van der Waals surface area contributed by atoms with Gasteiger partial charge in [-0.2, -0.15) is 22.1 Å². The maximum atomic E-state index is 3.87. The van der Waals surface area contributed by atoms with Crippen LogP contribution in [0.2, 0.25) is 0 Å². The van der Waals surface area contributed by atoms with Gasteiger partial charge >= 0.3 is 0 Å². The number of nitrogens with zero attached hydrogens (tertiary/aromatic N) is 2. The average molecular weight is 161 g/mol. The van der Waals surface area contributed by atoms with E-state index in [2.05, 4.69) is 21.7 Å². The van der Waals surface area contributed by atoms with Crippen molar-refractivity contribution in [2.45, 2.75) is 5.03 Å². The fourth-order valence-corrected chi connectivity index (χ4v) is 1.57. The summed E-state index contributed by atoms with van der Waals surface area (Å²) in [4.78, 5) is 0. The van der Waals surface area contributed by atoms with Crippen LogP contribution in [0.3, 0.4) is 0 Å². The highest BCUT2D eigenvalue weighted by atomic mass is 32.2. The van der Waals surface area contributed by atoms with Crippen molar-refractivity contribution in [3.63, 3.8) is 0 Å². The lowest BCUT2D eigenvalue weighted by Crippen LogP contribution is -1.71. The number of H-pyrrole nitrogens is 1. The Morgan fingerprint density at radius 3 is 3.22 bits per heavy atom. The summed E-state index contributed by atoms with van der Waals surface area (Å²) in [6.07, 6.45) is 3.79. The molecule has 0 aliphatic heterocycles. The number of aromatic nitrogens is 3. The molecule has 1 rings (SSSR count). The summed E-state index contributed by atoms with van der Waals surface area (Å²) in [6, 6.07) is 0. The van der Waals surface area contributed by atoms with Gasteiger partial charge in [0.25, 0.3) is 0 Å². The van der Waals surface area contributed by atoms with Crippen molar-refractivity contribution in [2.75, 3.05) is 11.3 Å². The molecule has 0 atom stereocenters. The molecule has 5 heteroatoms. The maximum absolute atomic E-state index is 3.87. The Morgan fingerprint density at radius 2 is 2.67 bits per heavy atom. The van der Waals surface area contributed by atoms with E-state index in [1.807, 2.05) is 0 Å². The fourth-order valence-electron chi connectivity index (χ4n) is 0.380. The second-order valence-corrected chi connectivity index (χ2v) is 3.59. The van der Waals surface area contributed by atoms with Gasteiger partial charge in [-0.15, -0.1) is 5.10 Å². The molecular formula is C4H7N3S2. The van der Waals surface area contributed by atoms with Crippen LogP contribution in [-0.4, -0.2) is 26.8 Å². The molecule has 0 bridgehead atoms. The van der Waals surface area contributed by atoms with Crippen LogP contribution in [0, 0.1) is 0 Å². The summed E-state index contributed by atoms with van der Waals surface area (Å²) in [5.41, 5.74) is 0. The first-order valence-electron chi connectivity index (χ1n) is 2.41. The van der Waals surface area contributed by atoms with E-state index in [9.17, 15) is 0 Å². The van der Waals surface area contributed by atoms with Crippen molar-refractivity contribution < 1.29 is 0 Å². The highest BCUT2D eigenvalue weighted by Crippen LogP contribution is 2.16. The van der Waals surface area contributed by atoms with Gasteiger partial charge < -0.3 is 0 Å². The highest BCUT2D eigenvalue weighted by Gasteiger charge is 1.92. The molecule has 0 radical (unpaired) electrons. The number of hydrogen-bond acceptors (Lipinski definition) is 4. The summed E-state index contributed by atoms with van der Waals surface area (Å²) in [5.74, 6) is 0. The minimum absolute atomic E-state index is 0.962. The Kier molecular flexibility index (Phi) is 2.93. The number of rotatable bonds is 3. The fraction of sp³-hybridized carbons (Fsp3) is 0.500. The lowest BCUT2D eigenvalue weighted by atomic mass is 11.0. The zero-order chi connectivity index (χ0) is 6.53.